The van der Waals surface area contributed by atoms with Gasteiger partial charge in [-0.2, -0.15) is 5.10 Å². The van der Waals surface area contributed by atoms with Gasteiger partial charge < -0.3 is 5.32 Å². The molecule has 114 valence electrons. The van der Waals surface area contributed by atoms with Crippen LogP contribution in [0.3, 0.4) is 0 Å². The summed E-state index contributed by atoms with van der Waals surface area (Å²) in [6.45, 7) is 0.429. The van der Waals surface area contributed by atoms with E-state index in [1.165, 1.54) is 0 Å². The maximum Gasteiger partial charge on any atom is 0.224 e. The fourth-order valence-electron chi connectivity index (χ4n) is 2.92. The van der Waals surface area contributed by atoms with Crippen LogP contribution in [0.5, 0.6) is 0 Å². The van der Waals surface area contributed by atoms with E-state index in [-0.39, 0.29) is 11.8 Å². The predicted octanol–water partition coefficient (Wildman–Crippen LogP) is 2.09. The van der Waals surface area contributed by atoms with Gasteiger partial charge >= 0.3 is 0 Å². The molecule has 0 bridgehead atoms. The summed E-state index contributed by atoms with van der Waals surface area (Å²) in [7, 11) is 0. The molecule has 2 aromatic rings. The number of aromatic amines is 1. The Hall–Kier alpha value is -2.02. The van der Waals surface area contributed by atoms with Crippen LogP contribution in [0.4, 0.5) is 0 Å². The molecule has 1 amide bonds. The molecule has 0 aromatic carbocycles. The summed E-state index contributed by atoms with van der Waals surface area (Å²) in [5.74, 6) is 1.27. The van der Waals surface area contributed by atoms with Crippen LogP contribution >= 0.6 is 12.2 Å². The van der Waals surface area contributed by atoms with E-state index >= 15 is 0 Å². The molecule has 2 aliphatic carbocycles. The van der Waals surface area contributed by atoms with E-state index in [2.05, 4.69) is 20.5 Å². The topological polar surface area (TPSA) is 75.6 Å². The van der Waals surface area contributed by atoms with Crippen molar-refractivity contribution in [2.24, 2.45) is 5.92 Å². The van der Waals surface area contributed by atoms with Gasteiger partial charge in [-0.25, -0.2) is 0 Å². The van der Waals surface area contributed by atoms with Gasteiger partial charge in [0.2, 0.25) is 5.91 Å². The maximum absolute atomic E-state index is 12.3. The van der Waals surface area contributed by atoms with Gasteiger partial charge in [0.05, 0.1) is 6.54 Å². The molecule has 2 saturated carbocycles. The number of carbonyl (C=O) groups is 1. The number of nitrogens with zero attached hydrogens (tertiary/aromatic N) is 3. The van der Waals surface area contributed by atoms with Crippen molar-refractivity contribution >= 4 is 18.1 Å². The number of aromatic nitrogens is 4. The van der Waals surface area contributed by atoms with Crippen molar-refractivity contribution in [3.63, 3.8) is 0 Å². The fourth-order valence-corrected chi connectivity index (χ4v) is 3.22. The summed E-state index contributed by atoms with van der Waals surface area (Å²) in [4.78, 5) is 16.4. The Morgan fingerprint density at radius 2 is 2.36 bits per heavy atom. The van der Waals surface area contributed by atoms with Gasteiger partial charge in [0.1, 0.15) is 0 Å². The van der Waals surface area contributed by atoms with Crippen molar-refractivity contribution in [3.8, 4) is 0 Å². The lowest BCUT2D eigenvalue weighted by molar-refractivity contribution is -0.122. The van der Waals surface area contributed by atoms with Gasteiger partial charge in [-0.3, -0.25) is 19.4 Å². The molecular weight excluding hydrogens is 298 g/mol. The summed E-state index contributed by atoms with van der Waals surface area (Å²) in [6, 6.07) is 4.40. The lowest BCUT2D eigenvalue weighted by atomic mass is 10.1. The molecule has 2 N–H and O–H groups in total. The molecule has 2 aromatic heterocycles. The van der Waals surface area contributed by atoms with Crippen LogP contribution in [0, 0.1) is 10.7 Å². The minimum Gasteiger partial charge on any atom is -0.349 e. The molecule has 0 spiro atoms. The Kier molecular flexibility index (Phi) is 3.29. The summed E-state index contributed by atoms with van der Waals surface area (Å²) in [5.41, 5.74) is 1.14. The monoisotopic (exact) mass is 315 g/mol. The Labute approximate surface area is 133 Å². The first-order valence-electron chi connectivity index (χ1n) is 7.57. The summed E-state index contributed by atoms with van der Waals surface area (Å²) < 4.78 is 2.67. The Bertz CT molecular complexity index is 749. The van der Waals surface area contributed by atoms with Gasteiger partial charge in [-0.15, -0.1) is 0 Å². The number of hydrogen-bond donors (Lipinski definition) is 2. The third-order valence-corrected chi connectivity index (χ3v) is 4.64. The van der Waals surface area contributed by atoms with E-state index in [9.17, 15) is 4.79 Å². The fraction of sp³-hybridized carbons (Fsp3) is 0.467. The van der Waals surface area contributed by atoms with Crippen LogP contribution in [0.1, 0.15) is 42.6 Å². The maximum atomic E-state index is 12.3. The lowest BCUT2D eigenvalue weighted by Gasteiger charge is -2.07. The number of amides is 1. The van der Waals surface area contributed by atoms with Gasteiger partial charge in [0.15, 0.2) is 10.6 Å². The van der Waals surface area contributed by atoms with Crippen LogP contribution in [-0.4, -0.2) is 25.7 Å². The normalized spacial score (nSPS) is 23.3. The first-order chi connectivity index (χ1) is 10.7. The van der Waals surface area contributed by atoms with E-state index in [0.717, 1.165) is 30.7 Å². The Balaban J connectivity index is 1.37. The number of carbonyl (C=O) groups excluding carboxylic acids is 1. The van der Waals surface area contributed by atoms with E-state index in [4.69, 9.17) is 12.2 Å². The second-order valence-corrected chi connectivity index (χ2v) is 6.39. The van der Waals surface area contributed by atoms with Gasteiger partial charge in [-0.1, -0.05) is 6.07 Å². The second kappa shape index (κ2) is 5.31. The molecule has 7 heteroatoms. The molecule has 6 nitrogen and oxygen atoms in total. The minimum atomic E-state index is 0.0560. The lowest BCUT2D eigenvalue weighted by Crippen LogP contribution is -2.26. The SMILES string of the molecule is O=C(NCc1n[nH]c(=S)n1C1CC1)[C@@H]1C[C@@H]1c1cccnc1. The minimum absolute atomic E-state index is 0.0560. The first-order valence-corrected chi connectivity index (χ1v) is 7.98. The van der Waals surface area contributed by atoms with E-state index < -0.39 is 0 Å². The molecule has 0 radical (unpaired) electrons. The standard InChI is InChI=1S/C15H17N5OS/c21-14(12-6-11(12)9-2-1-5-16-7-9)17-8-13-18-19-15(22)20(13)10-3-4-10/h1-2,5,7,10-12H,3-4,6,8H2,(H,17,21)(H,19,22)/t11-,12-/m1/s1. The van der Waals surface area contributed by atoms with Crippen LogP contribution in [0.15, 0.2) is 24.5 Å². The molecule has 2 aliphatic rings. The van der Waals surface area contributed by atoms with Crippen LogP contribution in [0.2, 0.25) is 0 Å². The van der Waals surface area contributed by atoms with Crippen molar-refractivity contribution in [1.29, 1.82) is 0 Å². The van der Waals surface area contributed by atoms with E-state index in [0.29, 0.717) is 23.3 Å². The summed E-state index contributed by atoms with van der Waals surface area (Å²) in [5, 5.41) is 10.0. The van der Waals surface area contributed by atoms with Crippen LogP contribution < -0.4 is 5.32 Å². The van der Waals surface area contributed by atoms with Crippen molar-refractivity contribution in [2.45, 2.75) is 37.8 Å². The molecule has 22 heavy (non-hydrogen) atoms. The zero-order valence-electron chi connectivity index (χ0n) is 12.0. The number of H-pyrrole nitrogens is 1. The molecule has 0 aliphatic heterocycles. The van der Waals surface area contributed by atoms with Gasteiger partial charge in [0.25, 0.3) is 0 Å². The molecule has 2 atom stereocenters. The third kappa shape index (κ3) is 2.56. The molecule has 0 saturated heterocycles. The highest BCUT2D eigenvalue weighted by Gasteiger charge is 2.44. The molecule has 4 rings (SSSR count). The van der Waals surface area contributed by atoms with Gasteiger partial charge in [0, 0.05) is 24.4 Å². The average molecular weight is 315 g/mol. The largest absolute Gasteiger partial charge is 0.349 e. The molecule has 0 unspecified atom stereocenters. The van der Waals surface area contributed by atoms with E-state index in [1.807, 2.05) is 22.9 Å². The zero-order valence-corrected chi connectivity index (χ0v) is 12.8. The average Bonchev–Trinajstić information content (AvgIpc) is 3.44. The number of pyridine rings is 1. The zero-order chi connectivity index (χ0) is 15.1. The summed E-state index contributed by atoms with van der Waals surface area (Å²) in [6.07, 6.45) is 6.77. The van der Waals surface area contributed by atoms with Crippen molar-refractivity contribution in [2.75, 3.05) is 0 Å². The highest BCUT2D eigenvalue weighted by Crippen LogP contribution is 2.47. The van der Waals surface area contributed by atoms with Crippen LogP contribution in [0.25, 0.3) is 0 Å². The molecular formula is C15H17N5OS. The van der Waals surface area contributed by atoms with E-state index in [1.54, 1.807) is 6.20 Å². The summed E-state index contributed by atoms with van der Waals surface area (Å²) >= 11 is 5.24. The predicted molar refractivity (Wildman–Crippen MR) is 82.6 cm³/mol. The number of nitrogens with one attached hydrogen (secondary N) is 2. The highest BCUT2D eigenvalue weighted by atomic mass is 32.1. The van der Waals surface area contributed by atoms with Gasteiger partial charge in [-0.05, 0) is 49.0 Å². The van der Waals surface area contributed by atoms with Crippen LogP contribution in [-0.2, 0) is 11.3 Å². The molecule has 2 fully saturated rings. The Morgan fingerprint density at radius 3 is 3.09 bits per heavy atom. The molecule has 2 heterocycles. The third-order valence-electron chi connectivity index (χ3n) is 4.35. The number of rotatable bonds is 5. The van der Waals surface area contributed by atoms with Crippen molar-refractivity contribution < 1.29 is 4.79 Å². The van der Waals surface area contributed by atoms with Crippen molar-refractivity contribution in [1.82, 2.24) is 25.1 Å². The first kappa shape index (κ1) is 13.6. The highest BCUT2D eigenvalue weighted by molar-refractivity contribution is 7.71. The quantitative estimate of drug-likeness (QED) is 0.829. The second-order valence-electron chi connectivity index (χ2n) is 6.00. The Morgan fingerprint density at radius 1 is 1.50 bits per heavy atom. The number of hydrogen-bond acceptors (Lipinski definition) is 4. The smallest absolute Gasteiger partial charge is 0.224 e. The van der Waals surface area contributed by atoms with Crippen molar-refractivity contribution in [3.05, 3.63) is 40.7 Å².